The molecule has 0 spiro atoms. The van der Waals surface area contributed by atoms with Gasteiger partial charge in [0.1, 0.15) is 4.75 Å². The fourth-order valence-electron chi connectivity index (χ4n) is 1.63. The Labute approximate surface area is 96.2 Å². The van der Waals surface area contributed by atoms with Crippen LogP contribution in [0, 0.1) is 0 Å². The summed E-state index contributed by atoms with van der Waals surface area (Å²) in [7, 11) is -3.14. The van der Waals surface area contributed by atoms with Gasteiger partial charge in [0.15, 0.2) is 9.84 Å². The molecule has 0 unspecified atom stereocenters. The summed E-state index contributed by atoms with van der Waals surface area (Å²) in [4.78, 5) is 0. The lowest BCUT2D eigenvalue weighted by Gasteiger charge is -2.18. The first-order valence-corrected chi connectivity index (χ1v) is 6.99. The van der Waals surface area contributed by atoms with Crippen molar-refractivity contribution in [3.8, 4) is 0 Å². The van der Waals surface area contributed by atoms with E-state index in [1.165, 1.54) is 6.26 Å². The molecule has 0 aromatic heterocycles. The molecule has 0 fully saturated rings. The molecule has 2 nitrogen and oxygen atoms in total. The zero-order valence-corrected chi connectivity index (χ0v) is 10.2. The molecule has 0 radical (unpaired) electrons. The third-order valence-electron chi connectivity index (χ3n) is 2.98. The minimum absolute atomic E-state index is 0.911. The number of hydrogen-bond acceptors (Lipinski definition) is 2. The summed E-state index contributed by atoms with van der Waals surface area (Å²) in [5.41, 5.74) is 2.09. The van der Waals surface area contributed by atoms with Gasteiger partial charge in [0.25, 0.3) is 0 Å². The highest BCUT2D eigenvalue weighted by molar-refractivity contribution is 7.92. The largest absolute Gasteiger partial charge is 0.228 e. The lowest BCUT2D eigenvalue weighted by Crippen LogP contribution is -2.29. The predicted octanol–water partition coefficient (Wildman–Crippen LogP) is 2.53. The van der Waals surface area contributed by atoms with Crippen LogP contribution in [0.5, 0.6) is 0 Å². The monoisotopic (exact) mass is 234 g/mol. The highest BCUT2D eigenvalue weighted by Crippen LogP contribution is 2.27. The van der Waals surface area contributed by atoms with Gasteiger partial charge in [-0.1, -0.05) is 48.6 Å². The van der Waals surface area contributed by atoms with E-state index in [4.69, 9.17) is 0 Å². The SMILES string of the molecule is CC1(S(C)(=O)=O)C=Cc2ccccc2C=C1. The first-order chi connectivity index (χ1) is 7.42. The zero-order valence-electron chi connectivity index (χ0n) is 9.34. The Hall–Kier alpha value is -1.35. The van der Waals surface area contributed by atoms with E-state index in [-0.39, 0.29) is 0 Å². The average Bonchev–Trinajstić information content (AvgIpc) is 2.39. The van der Waals surface area contributed by atoms with Crippen LogP contribution in [-0.4, -0.2) is 19.4 Å². The summed E-state index contributed by atoms with van der Waals surface area (Å²) in [6, 6.07) is 7.84. The van der Waals surface area contributed by atoms with Crippen LogP contribution in [0.2, 0.25) is 0 Å². The van der Waals surface area contributed by atoms with Gasteiger partial charge in [0, 0.05) is 6.26 Å². The van der Waals surface area contributed by atoms with Gasteiger partial charge in [-0.05, 0) is 18.1 Å². The van der Waals surface area contributed by atoms with E-state index in [1.54, 1.807) is 19.1 Å². The minimum atomic E-state index is -3.14. The van der Waals surface area contributed by atoms with Crippen LogP contribution in [0.1, 0.15) is 18.1 Å². The van der Waals surface area contributed by atoms with Gasteiger partial charge < -0.3 is 0 Å². The topological polar surface area (TPSA) is 34.1 Å². The Morgan fingerprint density at radius 3 is 1.81 bits per heavy atom. The highest BCUT2D eigenvalue weighted by Gasteiger charge is 2.30. The first-order valence-electron chi connectivity index (χ1n) is 5.09. The van der Waals surface area contributed by atoms with E-state index in [2.05, 4.69) is 0 Å². The molecule has 0 saturated carbocycles. The molecular formula is C13H14O2S. The Morgan fingerprint density at radius 1 is 1.00 bits per heavy atom. The Balaban J connectivity index is 2.58. The normalized spacial score (nSPS) is 17.9. The van der Waals surface area contributed by atoms with Gasteiger partial charge in [-0.3, -0.25) is 0 Å². The molecular weight excluding hydrogens is 220 g/mol. The third kappa shape index (κ3) is 1.83. The average molecular weight is 234 g/mol. The van der Waals surface area contributed by atoms with Crippen molar-refractivity contribution < 1.29 is 8.42 Å². The van der Waals surface area contributed by atoms with Crippen molar-refractivity contribution in [3.63, 3.8) is 0 Å². The summed E-state index contributed by atoms with van der Waals surface area (Å²) in [6.07, 6.45) is 8.49. The van der Waals surface area contributed by atoms with Crippen LogP contribution in [0.4, 0.5) is 0 Å². The molecule has 0 heterocycles. The number of sulfone groups is 1. The van der Waals surface area contributed by atoms with Crippen molar-refractivity contribution in [1.29, 1.82) is 0 Å². The number of fused-ring (bicyclic) bond motifs is 1. The van der Waals surface area contributed by atoms with Crippen molar-refractivity contribution >= 4 is 22.0 Å². The van der Waals surface area contributed by atoms with Crippen molar-refractivity contribution in [2.24, 2.45) is 0 Å². The van der Waals surface area contributed by atoms with Gasteiger partial charge in [0.05, 0.1) is 0 Å². The fraction of sp³-hybridized carbons (Fsp3) is 0.231. The second kappa shape index (κ2) is 3.59. The number of benzene rings is 1. The molecule has 1 aliphatic rings. The number of hydrogen-bond donors (Lipinski definition) is 0. The summed E-state index contributed by atoms with van der Waals surface area (Å²) < 4.78 is 22.5. The molecule has 1 aliphatic carbocycles. The molecule has 0 N–H and O–H groups in total. The maximum Gasteiger partial charge on any atom is 0.160 e. The standard InChI is InChI=1S/C13H14O2S/c1-13(16(2,14)15)9-7-11-5-3-4-6-12(11)8-10-13/h3-10H,1-2H3. The van der Waals surface area contributed by atoms with Gasteiger partial charge in [0.2, 0.25) is 0 Å². The maximum absolute atomic E-state index is 11.7. The summed E-state index contributed by atoms with van der Waals surface area (Å²) in [6.45, 7) is 1.71. The van der Waals surface area contributed by atoms with Crippen molar-refractivity contribution in [3.05, 3.63) is 47.5 Å². The molecule has 84 valence electrons. The van der Waals surface area contributed by atoms with Gasteiger partial charge in [-0.25, -0.2) is 8.42 Å². The molecule has 0 saturated heterocycles. The summed E-state index contributed by atoms with van der Waals surface area (Å²) in [5.74, 6) is 0. The lowest BCUT2D eigenvalue weighted by molar-refractivity contribution is 0.587. The van der Waals surface area contributed by atoms with Gasteiger partial charge >= 0.3 is 0 Å². The van der Waals surface area contributed by atoms with Crippen LogP contribution in [-0.2, 0) is 9.84 Å². The maximum atomic E-state index is 11.7. The third-order valence-corrected chi connectivity index (χ3v) is 4.85. The second-order valence-corrected chi connectivity index (χ2v) is 6.68. The van der Waals surface area contributed by atoms with Crippen LogP contribution < -0.4 is 0 Å². The van der Waals surface area contributed by atoms with Crippen molar-refractivity contribution in [2.45, 2.75) is 11.7 Å². The van der Waals surface area contributed by atoms with Gasteiger partial charge in [-0.2, -0.15) is 0 Å². The number of rotatable bonds is 1. The molecule has 1 aromatic carbocycles. The van der Waals surface area contributed by atoms with Crippen LogP contribution in [0.25, 0.3) is 12.2 Å². The fourth-order valence-corrected chi connectivity index (χ4v) is 2.26. The molecule has 0 aliphatic heterocycles. The Bertz CT molecular complexity index is 532. The van der Waals surface area contributed by atoms with Crippen LogP contribution in [0.3, 0.4) is 0 Å². The summed E-state index contributed by atoms with van der Waals surface area (Å²) in [5, 5.41) is 0. The Kier molecular flexibility index (Phi) is 2.50. The van der Waals surface area contributed by atoms with E-state index < -0.39 is 14.6 Å². The predicted molar refractivity (Wildman–Crippen MR) is 67.8 cm³/mol. The van der Waals surface area contributed by atoms with Gasteiger partial charge in [-0.15, -0.1) is 0 Å². The van der Waals surface area contributed by atoms with E-state index in [9.17, 15) is 8.42 Å². The first kappa shape index (κ1) is 11.1. The van der Waals surface area contributed by atoms with Crippen molar-refractivity contribution in [1.82, 2.24) is 0 Å². The van der Waals surface area contributed by atoms with Crippen molar-refractivity contribution in [2.75, 3.05) is 6.26 Å². The molecule has 0 atom stereocenters. The molecule has 3 heteroatoms. The second-order valence-electron chi connectivity index (χ2n) is 4.25. The molecule has 0 amide bonds. The zero-order chi connectivity index (χ0) is 11.8. The molecule has 1 aromatic rings. The quantitative estimate of drug-likeness (QED) is 0.748. The van der Waals surface area contributed by atoms with Crippen LogP contribution in [0.15, 0.2) is 36.4 Å². The molecule has 2 rings (SSSR count). The summed E-state index contributed by atoms with van der Waals surface area (Å²) >= 11 is 0. The molecule has 16 heavy (non-hydrogen) atoms. The van der Waals surface area contributed by atoms with E-state index >= 15 is 0 Å². The Morgan fingerprint density at radius 2 is 1.44 bits per heavy atom. The minimum Gasteiger partial charge on any atom is -0.228 e. The van der Waals surface area contributed by atoms with E-state index in [1.807, 2.05) is 36.4 Å². The van der Waals surface area contributed by atoms with E-state index in [0.717, 1.165) is 11.1 Å². The lowest BCUT2D eigenvalue weighted by atomic mass is 10.1. The smallest absolute Gasteiger partial charge is 0.160 e. The van der Waals surface area contributed by atoms with Crippen LogP contribution >= 0.6 is 0 Å². The van der Waals surface area contributed by atoms with E-state index in [0.29, 0.717) is 0 Å². The molecule has 0 bridgehead atoms. The highest BCUT2D eigenvalue weighted by atomic mass is 32.2.